The van der Waals surface area contributed by atoms with Crippen molar-refractivity contribution in [2.75, 3.05) is 0 Å². The normalized spacial score (nSPS) is 9.79. The van der Waals surface area contributed by atoms with Gasteiger partial charge in [0.25, 0.3) is 0 Å². The van der Waals surface area contributed by atoms with Crippen molar-refractivity contribution in [1.82, 2.24) is 4.98 Å². The van der Waals surface area contributed by atoms with Gasteiger partial charge in [-0.3, -0.25) is 4.98 Å². The Morgan fingerprint density at radius 3 is 2.36 bits per heavy atom. The SMILES string of the molecule is CC.CC/C=C\c1ccc(C)nc1C. The van der Waals surface area contributed by atoms with Crippen LogP contribution in [0, 0.1) is 13.8 Å². The van der Waals surface area contributed by atoms with Crippen LogP contribution in [0.1, 0.15) is 44.1 Å². The van der Waals surface area contributed by atoms with Crippen LogP contribution in [0.25, 0.3) is 6.08 Å². The smallest absolute Gasteiger partial charge is 0.0447 e. The molecule has 1 aromatic heterocycles. The number of hydrogen-bond acceptors (Lipinski definition) is 1. The molecule has 0 spiro atoms. The van der Waals surface area contributed by atoms with Gasteiger partial charge in [0.2, 0.25) is 0 Å². The first-order valence-electron chi connectivity index (χ1n) is 5.35. The van der Waals surface area contributed by atoms with E-state index < -0.39 is 0 Å². The van der Waals surface area contributed by atoms with Crippen molar-refractivity contribution in [2.45, 2.75) is 41.0 Å². The predicted molar refractivity (Wildman–Crippen MR) is 64.4 cm³/mol. The quantitative estimate of drug-likeness (QED) is 0.684. The average Bonchev–Trinajstić information content (AvgIpc) is 2.20. The van der Waals surface area contributed by atoms with Gasteiger partial charge in [0, 0.05) is 11.4 Å². The van der Waals surface area contributed by atoms with Crippen molar-refractivity contribution in [3.63, 3.8) is 0 Å². The second-order valence-corrected chi connectivity index (χ2v) is 2.94. The molecule has 0 saturated carbocycles. The third kappa shape index (κ3) is 4.22. The molecule has 0 aromatic carbocycles. The zero-order chi connectivity index (χ0) is 11.0. The van der Waals surface area contributed by atoms with E-state index in [1.54, 1.807) is 0 Å². The molecule has 1 aromatic rings. The van der Waals surface area contributed by atoms with E-state index >= 15 is 0 Å². The first-order valence-corrected chi connectivity index (χ1v) is 5.35. The molecule has 0 saturated heterocycles. The van der Waals surface area contributed by atoms with Crippen LogP contribution in [0.4, 0.5) is 0 Å². The molecule has 0 radical (unpaired) electrons. The molecule has 78 valence electrons. The highest BCUT2D eigenvalue weighted by Gasteiger charge is 1.94. The fourth-order valence-corrected chi connectivity index (χ4v) is 1.12. The van der Waals surface area contributed by atoms with Crippen LogP contribution < -0.4 is 0 Å². The molecule has 1 heterocycles. The lowest BCUT2D eigenvalue weighted by Gasteiger charge is -1.99. The Morgan fingerprint density at radius 1 is 1.21 bits per heavy atom. The molecular formula is C13H21N. The van der Waals surface area contributed by atoms with Crippen LogP contribution in [0.3, 0.4) is 0 Å². The van der Waals surface area contributed by atoms with Gasteiger partial charge in [0.15, 0.2) is 0 Å². The van der Waals surface area contributed by atoms with E-state index in [4.69, 9.17) is 0 Å². The van der Waals surface area contributed by atoms with E-state index in [9.17, 15) is 0 Å². The van der Waals surface area contributed by atoms with Crippen LogP contribution in [0.5, 0.6) is 0 Å². The van der Waals surface area contributed by atoms with E-state index in [1.807, 2.05) is 33.8 Å². The highest BCUT2D eigenvalue weighted by Crippen LogP contribution is 2.08. The van der Waals surface area contributed by atoms with E-state index in [1.165, 1.54) is 5.56 Å². The van der Waals surface area contributed by atoms with Crippen molar-refractivity contribution in [1.29, 1.82) is 0 Å². The topological polar surface area (TPSA) is 12.9 Å². The molecule has 0 aliphatic carbocycles. The molecule has 0 bridgehead atoms. The number of nitrogens with zero attached hydrogens (tertiary/aromatic N) is 1. The molecule has 1 rings (SSSR count). The van der Waals surface area contributed by atoms with Gasteiger partial charge in [-0.15, -0.1) is 0 Å². The molecule has 0 N–H and O–H groups in total. The lowest BCUT2D eigenvalue weighted by Crippen LogP contribution is -1.88. The number of aromatic nitrogens is 1. The maximum atomic E-state index is 4.38. The Hall–Kier alpha value is -1.11. The van der Waals surface area contributed by atoms with Crippen LogP contribution in [0.2, 0.25) is 0 Å². The first-order chi connectivity index (χ1) is 6.74. The predicted octanol–water partition coefficient (Wildman–Crippen LogP) is 4.15. The van der Waals surface area contributed by atoms with E-state index in [-0.39, 0.29) is 0 Å². The molecule has 1 heteroatoms. The summed E-state index contributed by atoms with van der Waals surface area (Å²) in [4.78, 5) is 4.38. The standard InChI is InChI=1S/C11H15N.C2H6/c1-4-5-6-11-8-7-9(2)12-10(11)3;1-2/h5-8H,4H2,1-3H3;1-2H3/b6-5-;. The van der Waals surface area contributed by atoms with Gasteiger partial charge in [0.1, 0.15) is 0 Å². The summed E-state index contributed by atoms with van der Waals surface area (Å²) in [6.45, 7) is 10.2. The summed E-state index contributed by atoms with van der Waals surface area (Å²) < 4.78 is 0. The Kier molecular flexibility index (Phi) is 6.73. The molecule has 0 amide bonds. The summed E-state index contributed by atoms with van der Waals surface area (Å²) in [5.74, 6) is 0. The fraction of sp³-hybridized carbons (Fsp3) is 0.462. The maximum absolute atomic E-state index is 4.38. The van der Waals surface area contributed by atoms with Crippen molar-refractivity contribution < 1.29 is 0 Å². The van der Waals surface area contributed by atoms with Gasteiger partial charge in [-0.1, -0.05) is 39.0 Å². The van der Waals surface area contributed by atoms with Gasteiger partial charge in [-0.25, -0.2) is 0 Å². The molecule has 14 heavy (non-hydrogen) atoms. The fourth-order valence-electron chi connectivity index (χ4n) is 1.12. The minimum absolute atomic E-state index is 1.08. The van der Waals surface area contributed by atoms with E-state index in [0.717, 1.165) is 17.8 Å². The number of pyridine rings is 1. The van der Waals surface area contributed by atoms with Gasteiger partial charge >= 0.3 is 0 Å². The van der Waals surface area contributed by atoms with Gasteiger partial charge in [-0.05, 0) is 31.9 Å². The highest BCUT2D eigenvalue weighted by molar-refractivity contribution is 5.51. The number of allylic oxidation sites excluding steroid dienone is 1. The number of rotatable bonds is 2. The second-order valence-electron chi connectivity index (χ2n) is 2.94. The van der Waals surface area contributed by atoms with Crippen molar-refractivity contribution >= 4 is 6.08 Å². The zero-order valence-electron chi connectivity index (χ0n) is 9.96. The summed E-state index contributed by atoms with van der Waals surface area (Å²) in [7, 11) is 0. The lowest BCUT2D eigenvalue weighted by molar-refractivity contribution is 1.11. The summed E-state index contributed by atoms with van der Waals surface area (Å²) in [5, 5.41) is 0. The molecule has 0 aliphatic rings. The minimum atomic E-state index is 1.08. The third-order valence-electron chi connectivity index (χ3n) is 1.80. The van der Waals surface area contributed by atoms with Gasteiger partial charge in [0.05, 0.1) is 0 Å². The van der Waals surface area contributed by atoms with Crippen LogP contribution in [0.15, 0.2) is 18.2 Å². The Balaban J connectivity index is 0.000000791. The van der Waals surface area contributed by atoms with Crippen molar-refractivity contribution in [3.8, 4) is 0 Å². The molecule has 0 atom stereocenters. The lowest BCUT2D eigenvalue weighted by atomic mass is 10.1. The van der Waals surface area contributed by atoms with E-state index in [2.05, 4.69) is 30.1 Å². The summed E-state index contributed by atoms with van der Waals surface area (Å²) >= 11 is 0. The maximum Gasteiger partial charge on any atom is 0.0447 e. The Bertz CT molecular complexity index is 287. The van der Waals surface area contributed by atoms with Crippen molar-refractivity contribution in [3.05, 3.63) is 35.2 Å². The molecule has 1 nitrogen and oxygen atoms in total. The third-order valence-corrected chi connectivity index (χ3v) is 1.80. The van der Waals surface area contributed by atoms with Crippen LogP contribution in [-0.2, 0) is 0 Å². The average molecular weight is 191 g/mol. The summed E-state index contributed by atoms with van der Waals surface area (Å²) in [6.07, 6.45) is 5.36. The highest BCUT2D eigenvalue weighted by atomic mass is 14.7. The minimum Gasteiger partial charge on any atom is -0.258 e. The van der Waals surface area contributed by atoms with Crippen molar-refractivity contribution in [2.24, 2.45) is 0 Å². The molecule has 0 unspecified atom stereocenters. The first kappa shape index (κ1) is 12.9. The van der Waals surface area contributed by atoms with Gasteiger partial charge < -0.3 is 0 Å². The second kappa shape index (κ2) is 7.31. The van der Waals surface area contributed by atoms with E-state index in [0.29, 0.717) is 0 Å². The zero-order valence-corrected chi connectivity index (χ0v) is 9.96. The Morgan fingerprint density at radius 2 is 1.86 bits per heavy atom. The van der Waals surface area contributed by atoms with Gasteiger partial charge in [-0.2, -0.15) is 0 Å². The largest absolute Gasteiger partial charge is 0.258 e. The number of hydrogen-bond donors (Lipinski definition) is 0. The molecule has 0 aliphatic heterocycles. The summed E-state index contributed by atoms with van der Waals surface area (Å²) in [6, 6.07) is 4.16. The molecule has 0 fully saturated rings. The number of aryl methyl sites for hydroxylation is 2. The molecular weight excluding hydrogens is 170 g/mol. The monoisotopic (exact) mass is 191 g/mol. The van der Waals surface area contributed by atoms with Crippen LogP contribution in [-0.4, -0.2) is 4.98 Å². The van der Waals surface area contributed by atoms with Crippen LogP contribution >= 0.6 is 0 Å². The Labute approximate surface area is 87.9 Å². The summed E-state index contributed by atoms with van der Waals surface area (Å²) in [5.41, 5.74) is 3.42.